The number of carbonyl (C=O) groups excluding carboxylic acids is 1. The SMILES string of the molecule is Cc1ccc([C@H](CNC(=O)Nc2ccccc2)N2CCN(C)CC2)cc1. The van der Waals surface area contributed by atoms with Gasteiger partial charge in [0.2, 0.25) is 0 Å². The topological polar surface area (TPSA) is 47.6 Å². The average molecular weight is 352 g/mol. The lowest BCUT2D eigenvalue weighted by molar-refractivity contribution is 0.111. The average Bonchev–Trinajstić information content (AvgIpc) is 2.65. The Morgan fingerprint density at radius 3 is 2.31 bits per heavy atom. The van der Waals surface area contributed by atoms with Crippen LogP contribution in [0.1, 0.15) is 17.2 Å². The van der Waals surface area contributed by atoms with Crippen LogP contribution in [-0.4, -0.2) is 55.6 Å². The zero-order chi connectivity index (χ0) is 18.4. The Balaban J connectivity index is 1.65. The van der Waals surface area contributed by atoms with E-state index >= 15 is 0 Å². The largest absolute Gasteiger partial charge is 0.336 e. The maximum Gasteiger partial charge on any atom is 0.319 e. The highest BCUT2D eigenvalue weighted by Crippen LogP contribution is 2.22. The number of piperazine rings is 1. The lowest BCUT2D eigenvalue weighted by atomic mass is 10.0. The van der Waals surface area contributed by atoms with Crippen molar-refractivity contribution < 1.29 is 4.79 Å². The molecule has 5 heteroatoms. The molecule has 1 saturated heterocycles. The number of anilines is 1. The predicted molar refractivity (Wildman–Crippen MR) is 106 cm³/mol. The Hall–Kier alpha value is -2.37. The first kappa shape index (κ1) is 18.4. The predicted octanol–water partition coefficient (Wildman–Crippen LogP) is 3.11. The van der Waals surface area contributed by atoms with E-state index in [0.29, 0.717) is 6.54 Å². The van der Waals surface area contributed by atoms with Gasteiger partial charge in [-0.15, -0.1) is 0 Å². The van der Waals surface area contributed by atoms with Crippen LogP contribution in [0.5, 0.6) is 0 Å². The third kappa shape index (κ3) is 5.07. The molecule has 0 saturated carbocycles. The normalized spacial score (nSPS) is 16.8. The van der Waals surface area contributed by atoms with Crippen molar-refractivity contribution in [3.05, 3.63) is 65.7 Å². The molecular formula is C21H28N4O. The quantitative estimate of drug-likeness (QED) is 0.869. The van der Waals surface area contributed by atoms with Gasteiger partial charge >= 0.3 is 6.03 Å². The molecule has 2 amide bonds. The van der Waals surface area contributed by atoms with Crippen molar-refractivity contribution in [2.45, 2.75) is 13.0 Å². The summed E-state index contributed by atoms with van der Waals surface area (Å²) in [7, 11) is 2.16. The van der Waals surface area contributed by atoms with E-state index < -0.39 is 0 Å². The summed E-state index contributed by atoms with van der Waals surface area (Å²) < 4.78 is 0. The molecule has 1 aliphatic rings. The van der Waals surface area contributed by atoms with Crippen molar-refractivity contribution in [3.63, 3.8) is 0 Å². The first-order chi connectivity index (χ1) is 12.6. The zero-order valence-electron chi connectivity index (χ0n) is 15.6. The van der Waals surface area contributed by atoms with Crippen molar-refractivity contribution in [2.75, 3.05) is 45.1 Å². The van der Waals surface area contributed by atoms with Crippen molar-refractivity contribution in [1.29, 1.82) is 0 Å². The lowest BCUT2D eigenvalue weighted by Gasteiger charge is -2.38. The number of amides is 2. The maximum absolute atomic E-state index is 12.3. The van der Waals surface area contributed by atoms with Gasteiger partial charge in [0, 0.05) is 38.4 Å². The molecule has 0 bridgehead atoms. The molecule has 0 aromatic heterocycles. The molecular weight excluding hydrogens is 324 g/mol. The fourth-order valence-corrected chi connectivity index (χ4v) is 3.27. The molecule has 3 rings (SSSR count). The second-order valence-electron chi connectivity index (χ2n) is 6.97. The highest BCUT2D eigenvalue weighted by molar-refractivity contribution is 5.89. The van der Waals surface area contributed by atoms with Gasteiger partial charge in [0.15, 0.2) is 0 Å². The van der Waals surface area contributed by atoms with Crippen molar-refractivity contribution in [2.24, 2.45) is 0 Å². The number of aryl methyl sites for hydroxylation is 1. The maximum atomic E-state index is 12.3. The van der Waals surface area contributed by atoms with E-state index in [1.165, 1.54) is 11.1 Å². The number of urea groups is 1. The van der Waals surface area contributed by atoms with Crippen LogP contribution in [0.15, 0.2) is 54.6 Å². The van der Waals surface area contributed by atoms with Crippen LogP contribution in [0, 0.1) is 6.92 Å². The van der Waals surface area contributed by atoms with Crippen LogP contribution in [0.3, 0.4) is 0 Å². The second-order valence-corrected chi connectivity index (χ2v) is 6.97. The summed E-state index contributed by atoms with van der Waals surface area (Å²) in [6.45, 7) is 6.82. The Bertz CT molecular complexity index is 694. The molecule has 2 aromatic rings. The molecule has 0 radical (unpaired) electrons. The van der Waals surface area contributed by atoms with Crippen LogP contribution in [-0.2, 0) is 0 Å². The van der Waals surface area contributed by atoms with Gasteiger partial charge in [0.25, 0.3) is 0 Å². The molecule has 1 heterocycles. The van der Waals surface area contributed by atoms with Gasteiger partial charge in [0.1, 0.15) is 0 Å². The Kier molecular flexibility index (Phi) is 6.26. The van der Waals surface area contributed by atoms with Crippen LogP contribution >= 0.6 is 0 Å². The number of nitrogens with one attached hydrogen (secondary N) is 2. The van der Waals surface area contributed by atoms with E-state index in [1.807, 2.05) is 30.3 Å². The summed E-state index contributed by atoms with van der Waals surface area (Å²) in [5, 5.41) is 5.94. The number of nitrogens with zero attached hydrogens (tertiary/aromatic N) is 2. The summed E-state index contributed by atoms with van der Waals surface area (Å²) in [5.41, 5.74) is 3.30. The van der Waals surface area contributed by atoms with E-state index in [1.54, 1.807) is 0 Å². The molecule has 138 valence electrons. The highest BCUT2D eigenvalue weighted by atomic mass is 16.2. The number of hydrogen-bond acceptors (Lipinski definition) is 3. The minimum Gasteiger partial charge on any atom is -0.336 e. The number of carbonyl (C=O) groups is 1. The van der Waals surface area contributed by atoms with Gasteiger partial charge < -0.3 is 15.5 Å². The highest BCUT2D eigenvalue weighted by Gasteiger charge is 2.24. The number of likely N-dealkylation sites (N-methyl/N-ethyl adjacent to an activating group) is 1. The summed E-state index contributed by atoms with van der Waals surface area (Å²) in [6, 6.07) is 18.2. The lowest BCUT2D eigenvalue weighted by Crippen LogP contribution is -2.48. The second kappa shape index (κ2) is 8.83. The van der Waals surface area contributed by atoms with Gasteiger partial charge in [-0.25, -0.2) is 4.79 Å². The van der Waals surface area contributed by atoms with Gasteiger partial charge in [-0.3, -0.25) is 4.90 Å². The fraction of sp³-hybridized carbons (Fsp3) is 0.381. The Morgan fingerprint density at radius 1 is 1.00 bits per heavy atom. The summed E-state index contributed by atoms with van der Waals surface area (Å²) in [6.07, 6.45) is 0. The van der Waals surface area contributed by atoms with E-state index in [4.69, 9.17) is 0 Å². The van der Waals surface area contributed by atoms with Gasteiger partial charge in [-0.05, 0) is 31.7 Å². The molecule has 0 unspecified atom stereocenters. The smallest absolute Gasteiger partial charge is 0.319 e. The Morgan fingerprint density at radius 2 is 1.65 bits per heavy atom. The number of benzene rings is 2. The number of para-hydroxylation sites is 1. The third-order valence-corrected chi connectivity index (χ3v) is 4.93. The summed E-state index contributed by atoms with van der Waals surface area (Å²) >= 11 is 0. The van der Waals surface area contributed by atoms with Crippen molar-refractivity contribution in [1.82, 2.24) is 15.1 Å². The van der Waals surface area contributed by atoms with Crippen LogP contribution < -0.4 is 10.6 Å². The first-order valence-electron chi connectivity index (χ1n) is 9.21. The number of rotatable bonds is 5. The molecule has 1 atom stereocenters. The third-order valence-electron chi connectivity index (χ3n) is 4.93. The van der Waals surface area contributed by atoms with E-state index in [2.05, 4.69) is 58.7 Å². The monoisotopic (exact) mass is 352 g/mol. The van der Waals surface area contributed by atoms with Crippen molar-refractivity contribution >= 4 is 11.7 Å². The summed E-state index contributed by atoms with van der Waals surface area (Å²) in [5.74, 6) is 0. The van der Waals surface area contributed by atoms with Crippen LogP contribution in [0.25, 0.3) is 0 Å². The van der Waals surface area contributed by atoms with Gasteiger partial charge in [-0.2, -0.15) is 0 Å². The van der Waals surface area contributed by atoms with Crippen LogP contribution in [0.2, 0.25) is 0 Å². The van der Waals surface area contributed by atoms with Crippen molar-refractivity contribution in [3.8, 4) is 0 Å². The molecule has 2 N–H and O–H groups in total. The minimum absolute atomic E-state index is 0.164. The molecule has 1 fully saturated rings. The van der Waals surface area contributed by atoms with Crippen LogP contribution in [0.4, 0.5) is 10.5 Å². The van der Waals surface area contributed by atoms with E-state index in [-0.39, 0.29) is 12.1 Å². The zero-order valence-corrected chi connectivity index (χ0v) is 15.6. The Labute approximate surface area is 156 Å². The number of hydrogen-bond donors (Lipinski definition) is 2. The fourth-order valence-electron chi connectivity index (χ4n) is 3.27. The minimum atomic E-state index is -0.164. The molecule has 1 aliphatic heterocycles. The van der Waals surface area contributed by atoms with Gasteiger partial charge in [-0.1, -0.05) is 48.0 Å². The molecule has 2 aromatic carbocycles. The molecule has 26 heavy (non-hydrogen) atoms. The van der Waals surface area contributed by atoms with E-state index in [9.17, 15) is 4.79 Å². The van der Waals surface area contributed by atoms with Gasteiger partial charge in [0.05, 0.1) is 6.04 Å². The molecule has 0 spiro atoms. The first-order valence-corrected chi connectivity index (χ1v) is 9.21. The van der Waals surface area contributed by atoms with E-state index in [0.717, 1.165) is 31.9 Å². The standard InChI is InChI=1S/C21H28N4O/c1-17-8-10-18(11-9-17)20(25-14-12-24(2)13-15-25)16-22-21(26)23-19-6-4-3-5-7-19/h3-11,20H,12-16H2,1-2H3,(H2,22,23,26)/t20-/m0/s1. The molecule has 5 nitrogen and oxygen atoms in total. The molecule has 0 aliphatic carbocycles. The summed E-state index contributed by atoms with van der Waals surface area (Å²) in [4.78, 5) is 17.1.